The van der Waals surface area contributed by atoms with Crippen molar-refractivity contribution in [3.05, 3.63) is 107 Å². The Hall–Kier alpha value is -4.90. The molecule has 0 bridgehead atoms. The molecule has 65 heavy (non-hydrogen) atoms. The van der Waals surface area contributed by atoms with Gasteiger partial charge >= 0.3 is 55.5 Å². The van der Waals surface area contributed by atoms with Gasteiger partial charge < -0.3 is 30.3 Å². The van der Waals surface area contributed by atoms with E-state index in [9.17, 15) is 67.4 Å². The van der Waals surface area contributed by atoms with Gasteiger partial charge in [-0.3, -0.25) is 9.59 Å². The van der Waals surface area contributed by atoms with Crippen LogP contribution in [0.25, 0.3) is 22.3 Å². The van der Waals surface area contributed by atoms with Gasteiger partial charge in [-0.05, 0) is 102 Å². The van der Waals surface area contributed by atoms with Crippen molar-refractivity contribution in [3.63, 3.8) is 0 Å². The number of carboxylic acids is 1. The van der Waals surface area contributed by atoms with Gasteiger partial charge in [-0.15, -0.1) is 0 Å². The minimum Gasteiger partial charge on any atom is -0.870 e. The predicted octanol–water partition coefficient (Wildman–Crippen LogP) is 9.54. The number of carboxylic acid groups (broad SMARTS) is 1. The first kappa shape index (κ1) is 60.1. The van der Waals surface area contributed by atoms with Crippen molar-refractivity contribution >= 4 is 11.9 Å². The Balaban J connectivity index is 0.00000121. The van der Waals surface area contributed by atoms with Gasteiger partial charge in [0.15, 0.2) is 13.2 Å². The van der Waals surface area contributed by atoms with Crippen LogP contribution in [0.2, 0.25) is 0 Å². The van der Waals surface area contributed by atoms with Crippen LogP contribution in [0, 0.1) is 11.8 Å². The topological polar surface area (TPSA) is 144 Å². The molecule has 4 N–H and O–H groups in total. The maximum atomic E-state index is 12.9. The molecule has 0 radical (unpaired) electrons. The minimum absolute atomic E-state index is 0. The van der Waals surface area contributed by atoms with Crippen molar-refractivity contribution in [2.75, 3.05) is 19.8 Å². The summed E-state index contributed by atoms with van der Waals surface area (Å²) in [4.78, 5) is 24.2. The summed E-state index contributed by atoms with van der Waals surface area (Å²) in [5.74, 6) is -3.41. The van der Waals surface area contributed by atoms with Gasteiger partial charge in [-0.1, -0.05) is 64.1 Å². The number of aliphatic carboxylic acids is 1. The molecule has 0 aliphatic rings. The van der Waals surface area contributed by atoms with Gasteiger partial charge in [0.2, 0.25) is 0 Å². The zero-order chi connectivity index (χ0) is 46.8. The molecular weight excluding hydrogens is 891 g/mol. The van der Waals surface area contributed by atoms with E-state index in [0.29, 0.717) is 17.5 Å². The smallest absolute Gasteiger partial charge is 0.870 e. The summed E-state index contributed by atoms with van der Waals surface area (Å²) >= 11 is 0. The first-order valence-corrected chi connectivity index (χ1v) is 19.0. The number of ether oxygens (including phenoxy) is 3. The van der Waals surface area contributed by atoms with Gasteiger partial charge in [0, 0.05) is 11.1 Å². The Morgan fingerprint density at radius 2 is 0.908 bits per heavy atom. The van der Waals surface area contributed by atoms with E-state index in [1.807, 2.05) is 27.7 Å². The molecule has 0 spiro atoms. The summed E-state index contributed by atoms with van der Waals surface area (Å²) < 4.78 is 168. The molecule has 4 aromatic rings. The molecule has 356 valence electrons. The molecular formula is C44H47F12LiO8. The number of alkyl halides is 12. The summed E-state index contributed by atoms with van der Waals surface area (Å²) in [5, 5.41) is 9.54. The second-order valence-electron chi connectivity index (χ2n) is 14.9. The van der Waals surface area contributed by atoms with Crippen LogP contribution in [0.3, 0.4) is 0 Å². The quantitative estimate of drug-likeness (QED) is 0.0711. The Morgan fingerprint density at radius 1 is 0.569 bits per heavy atom. The monoisotopic (exact) mass is 938 g/mol. The van der Waals surface area contributed by atoms with Crippen LogP contribution in [-0.2, 0) is 26.7 Å². The number of benzene rings is 4. The molecule has 4 aromatic carbocycles. The third-order valence-electron chi connectivity index (χ3n) is 8.92. The van der Waals surface area contributed by atoms with Gasteiger partial charge in [0.25, 0.3) is 0 Å². The maximum absolute atomic E-state index is 12.9. The Morgan fingerprint density at radius 3 is 1.20 bits per heavy atom. The molecule has 0 saturated heterocycles. The summed E-state index contributed by atoms with van der Waals surface area (Å²) in [6.07, 6.45) is -17.6. The van der Waals surface area contributed by atoms with Crippen LogP contribution in [0.15, 0.2) is 84.9 Å². The molecule has 0 amide bonds. The average molecular weight is 939 g/mol. The fraction of sp³-hybridized carbons (Fsp3) is 0.409. The van der Waals surface area contributed by atoms with Gasteiger partial charge in [-0.2, -0.15) is 52.7 Å². The summed E-state index contributed by atoms with van der Waals surface area (Å²) in [6.45, 7) is 6.13. The van der Waals surface area contributed by atoms with Crippen molar-refractivity contribution < 1.29 is 111 Å². The third-order valence-corrected chi connectivity index (χ3v) is 8.92. The number of carbonyl (C=O) groups excluding carboxylic acids is 1. The van der Waals surface area contributed by atoms with Crippen LogP contribution in [0.1, 0.15) is 81.5 Å². The summed E-state index contributed by atoms with van der Waals surface area (Å²) in [5.41, 5.74) is -0.362. The van der Waals surface area contributed by atoms with Crippen LogP contribution < -0.4 is 28.3 Å². The standard InChI is InChI=1S/C23H24F6O3.C21H20F6O3.Li.2H2O/c1-4-31-21(30)19(11-14(2)3)16-7-10-20(32-13-22(24,25)26)18(12-16)15-5-8-17(9-6-15)23(27,28)29;1-12(2)9-17(19(28)29)14-5-8-18(30-11-20(22,23)24)16(10-14)13-3-6-15(7-4-13)21(25,26)27;;;/h5-10,12,14,19H,4,11,13H2,1-3H3;3-8,10,12,17H,9,11H2,1-2H3,(H,28,29);;2*1H2/q;;+1;;/p-1. The SMILES string of the molecule is CC(C)CC(C(=O)O)c1ccc(OCC(F)(F)F)c(-c2ccc(C(F)(F)F)cc2)c1.CCOC(=O)C(CC(C)C)c1ccc(OCC(F)(F)F)c(-c2ccc(C(F)(F)F)cc2)c1.O.[Li+].[OH-]. The zero-order valence-corrected chi connectivity index (χ0v) is 35.9. The number of carbonyl (C=O) groups is 2. The molecule has 0 heterocycles. The molecule has 0 saturated carbocycles. The van der Waals surface area contributed by atoms with E-state index in [2.05, 4.69) is 0 Å². The average Bonchev–Trinajstić information content (AvgIpc) is 3.16. The second-order valence-corrected chi connectivity index (χ2v) is 14.9. The number of hydrogen-bond donors (Lipinski definition) is 1. The van der Waals surface area contributed by atoms with E-state index in [1.54, 1.807) is 6.92 Å². The number of esters is 1. The van der Waals surface area contributed by atoms with E-state index < -0.39 is 72.8 Å². The van der Waals surface area contributed by atoms with E-state index in [4.69, 9.17) is 14.2 Å². The molecule has 0 fully saturated rings. The van der Waals surface area contributed by atoms with Crippen molar-refractivity contribution in [1.82, 2.24) is 0 Å². The Kier molecular flexibility index (Phi) is 23.2. The van der Waals surface area contributed by atoms with E-state index in [0.717, 1.165) is 48.5 Å². The van der Waals surface area contributed by atoms with Crippen LogP contribution in [-0.4, -0.2) is 60.2 Å². The number of halogens is 12. The van der Waals surface area contributed by atoms with Gasteiger partial charge in [-0.25, -0.2) is 0 Å². The van der Waals surface area contributed by atoms with Crippen molar-refractivity contribution in [1.29, 1.82) is 0 Å². The zero-order valence-electron chi connectivity index (χ0n) is 35.9. The third kappa shape index (κ3) is 19.2. The van der Waals surface area contributed by atoms with Crippen molar-refractivity contribution in [2.45, 2.75) is 84.0 Å². The second kappa shape index (κ2) is 25.1. The van der Waals surface area contributed by atoms with Crippen LogP contribution in [0.4, 0.5) is 52.7 Å². The van der Waals surface area contributed by atoms with Crippen molar-refractivity contribution in [2.24, 2.45) is 11.8 Å². The first-order valence-electron chi connectivity index (χ1n) is 19.0. The van der Waals surface area contributed by atoms with E-state index >= 15 is 0 Å². The molecule has 0 aromatic heterocycles. The minimum atomic E-state index is -4.61. The van der Waals surface area contributed by atoms with Crippen LogP contribution >= 0.6 is 0 Å². The van der Waals surface area contributed by atoms with E-state index in [-0.39, 0.29) is 88.4 Å². The number of rotatable bonds is 15. The Bertz CT molecular complexity index is 2080. The molecule has 2 atom stereocenters. The fourth-order valence-electron chi connectivity index (χ4n) is 6.16. The number of hydrogen-bond acceptors (Lipinski definition) is 6. The Labute approximate surface area is 379 Å². The van der Waals surface area contributed by atoms with Gasteiger partial charge in [0.05, 0.1) is 29.6 Å². The summed E-state index contributed by atoms with van der Waals surface area (Å²) in [7, 11) is 0. The normalized spacial score (nSPS) is 12.7. The molecule has 0 aliphatic heterocycles. The van der Waals surface area contributed by atoms with Gasteiger partial charge in [0.1, 0.15) is 11.5 Å². The fourth-order valence-corrected chi connectivity index (χ4v) is 6.16. The summed E-state index contributed by atoms with van der Waals surface area (Å²) in [6, 6.07) is 16.0. The predicted molar refractivity (Wildman–Crippen MR) is 211 cm³/mol. The van der Waals surface area contributed by atoms with E-state index in [1.165, 1.54) is 36.4 Å². The molecule has 0 aliphatic carbocycles. The molecule has 8 nitrogen and oxygen atoms in total. The maximum Gasteiger partial charge on any atom is 1.00 e. The van der Waals surface area contributed by atoms with Crippen molar-refractivity contribution in [3.8, 4) is 33.8 Å². The molecule has 2 unspecified atom stereocenters. The van der Waals surface area contributed by atoms with Crippen LogP contribution in [0.5, 0.6) is 11.5 Å². The molecule has 4 rings (SSSR count). The first-order chi connectivity index (χ1) is 28.6. The molecule has 21 heteroatoms. The largest absolute Gasteiger partial charge is 1.00 e.